The number of carbonyl (C=O) groups excluding carboxylic acids is 4. The Balaban J connectivity index is 0.865. The highest BCUT2D eigenvalue weighted by molar-refractivity contribution is 5.95. The Morgan fingerprint density at radius 3 is 2.43 bits per heavy atom. The summed E-state index contributed by atoms with van der Waals surface area (Å²) in [6.07, 6.45) is 3.99. The number of anilines is 2. The van der Waals surface area contributed by atoms with Crippen LogP contribution in [0, 0.1) is 22.7 Å². The molecule has 7 aliphatic heterocycles. The number of rotatable bonds is 12. The van der Waals surface area contributed by atoms with Crippen molar-refractivity contribution in [1.29, 1.82) is 0 Å². The van der Waals surface area contributed by atoms with Crippen LogP contribution in [0.15, 0.2) is 30.5 Å². The highest BCUT2D eigenvalue weighted by Gasteiger charge is 2.55. The summed E-state index contributed by atoms with van der Waals surface area (Å²) in [4.78, 5) is 74.0. The number of morpholine rings is 1. The van der Waals surface area contributed by atoms with E-state index < -0.39 is 54.4 Å². The van der Waals surface area contributed by atoms with Gasteiger partial charge in [0.1, 0.15) is 24.7 Å². The molecule has 8 fully saturated rings. The van der Waals surface area contributed by atoms with Crippen LogP contribution in [0.1, 0.15) is 110 Å². The lowest BCUT2D eigenvalue weighted by molar-refractivity contribution is -0.156. The van der Waals surface area contributed by atoms with E-state index in [4.69, 9.17) is 19.2 Å². The van der Waals surface area contributed by atoms with Gasteiger partial charge in [-0.3, -0.25) is 44.3 Å². The molecule has 2 saturated carbocycles. The Bertz CT molecular complexity index is 2870. The number of amides is 3. The number of methoxy groups -OCH3 is 1. The molecule has 21 heteroatoms. The summed E-state index contributed by atoms with van der Waals surface area (Å²) < 4.78 is 65.6. The number of hydrogen-bond donors (Lipinski definition) is 3. The molecule has 9 aliphatic rings. The first-order chi connectivity index (χ1) is 38.7. The zero-order valence-corrected chi connectivity index (χ0v) is 48.2. The predicted octanol–water partition coefficient (Wildman–Crippen LogP) is 5.66. The van der Waals surface area contributed by atoms with Gasteiger partial charge < -0.3 is 38.8 Å². The minimum Gasteiger partial charge on any atom is -0.464 e. The molecule has 3 amide bonds. The number of aromatic nitrogens is 2. The van der Waals surface area contributed by atoms with Gasteiger partial charge in [-0.2, -0.15) is 13.2 Å². The van der Waals surface area contributed by atoms with Crippen LogP contribution >= 0.6 is 0 Å². The molecule has 2 unspecified atom stereocenters. The van der Waals surface area contributed by atoms with E-state index in [-0.39, 0.29) is 54.5 Å². The second-order valence-electron chi connectivity index (χ2n) is 26.4. The number of nitrogens with one attached hydrogen (secondary N) is 3. The van der Waals surface area contributed by atoms with Gasteiger partial charge in [0.05, 0.1) is 54.7 Å². The standard InChI is InChI=1S/C60H84F3N11O7/c1-36(2)52(71-18-15-59(32-71)16-19-72(33-59)56(77)51-50(66-51)38-9-10-38)54(75)65-47-28-42-31-70(24-25-80-42)40-13-14-48-43(26-40)45(29-58(4,5)35-81-57(78)46-8-7-17-74(67-46)55(47)76)53(73(48)34-60(61,62)63)44-27-41(30-64-49(44)37(3)79-6)69-22-20-68(21-23-69)39-11-12-39/h13-14,26-27,30,36-39,42,46-47,50-52,66-67H,7-12,15-25,28-29,31-35H2,1-6H3,(H,65,75)/t37-,42-,46-,47-,50?,51+,52?,59-/m0/s1. The molecule has 2 aromatic heterocycles. The van der Waals surface area contributed by atoms with Crippen molar-refractivity contribution >= 4 is 46.0 Å². The maximum absolute atomic E-state index is 15.2. The average Bonchev–Trinajstić information content (AvgIpc) is 4.57. The Hall–Kier alpha value is -5.06. The summed E-state index contributed by atoms with van der Waals surface area (Å²) in [5.41, 5.74) is 6.47. The highest BCUT2D eigenvalue weighted by Crippen LogP contribution is 2.46. The lowest BCUT2D eigenvalue weighted by Gasteiger charge is -2.39. The third kappa shape index (κ3) is 11.9. The minimum atomic E-state index is -4.59. The second kappa shape index (κ2) is 22.2. The van der Waals surface area contributed by atoms with Gasteiger partial charge in [0, 0.05) is 124 Å². The number of hydrazine groups is 1. The normalized spacial score (nSPS) is 29.6. The molecule has 81 heavy (non-hydrogen) atoms. The molecule has 8 atom stereocenters. The largest absolute Gasteiger partial charge is 0.464 e. The van der Waals surface area contributed by atoms with E-state index >= 15 is 18.0 Å². The maximum atomic E-state index is 15.2. The molecule has 6 bridgehead atoms. The van der Waals surface area contributed by atoms with Crippen molar-refractivity contribution in [3.63, 3.8) is 0 Å². The van der Waals surface area contributed by atoms with Crippen molar-refractivity contribution in [2.75, 3.05) is 102 Å². The SMILES string of the molecule is CO[C@@H](C)c1ncc(N2CCN(C3CC3)CC2)cc1-c1c2c3cc(ccc3n1CC(F)(F)F)N1CCO[C@@H](C[C@H](NC(=O)C(C(C)C)N3CC[C@]4(CCN(C(=O)[C@@H]5NC5C5CC5)C4)C3)C(=O)N3CCC[C@H](N3)C(=O)OCC(C)(C)C2)C1. The monoisotopic (exact) mass is 1130 g/mol. The summed E-state index contributed by atoms with van der Waals surface area (Å²) in [6.45, 7) is 16.1. The van der Waals surface area contributed by atoms with Gasteiger partial charge >= 0.3 is 12.1 Å². The van der Waals surface area contributed by atoms with E-state index in [1.807, 2.05) is 63.9 Å². The van der Waals surface area contributed by atoms with Crippen molar-refractivity contribution in [3.8, 4) is 11.3 Å². The van der Waals surface area contributed by atoms with Crippen LogP contribution in [-0.2, 0) is 46.4 Å². The first kappa shape index (κ1) is 56.4. The van der Waals surface area contributed by atoms with Crippen molar-refractivity contribution in [2.24, 2.45) is 22.7 Å². The van der Waals surface area contributed by atoms with Crippen molar-refractivity contribution in [2.45, 2.75) is 160 Å². The van der Waals surface area contributed by atoms with Gasteiger partial charge in [-0.15, -0.1) is 0 Å². The third-order valence-electron chi connectivity index (χ3n) is 19.3. The van der Waals surface area contributed by atoms with Crippen molar-refractivity contribution in [1.82, 2.24) is 45.3 Å². The maximum Gasteiger partial charge on any atom is 0.406 e. The second-order valence-corrected chi connectivity index (χ2v) is 26.4. The molecule has 1 spiro atoms. The summed E-state index contributed by atoms with van der Waals surface area (Å²) in [5.74, 6) is -0.456. The number of piperazine rings is 1. The average molecular weight is 1130 g/mol. The summed E-state index contributed by atoms with van der Waals surface area (Å²) in [5, 5.41) is 8.76. The summed E-state index contributed by atoms with van der Waals surface area (Å²) in [7, 11) is 1.58. The molecule has 18 nitrogen and oxygen atoms in total. The summed E-state index contributed by atoms with van der Waals surface area (Å²) >= 11 is 0. The van der Waals surface area contributed by atoms with E-state index in [1.54, 1.807) is 13.2 Å². The number of alkyl halides is 3. The number of cyclic esters (lactones) is 1. The van der Waals surface area contributed by atoms with E-state index in [0.717, 1.165) is 50.4 Å². The van der Waals surface area contributed by atoms with Crippen LogP contribution in [0.4, 0.5) is 24.5 Å². The number of ether oxygens (including phenoxy) is 3. The molecule has 2 aliphatic carbocycles. The number of fused-ring (bicyclic) bond motifs is 6. The number of likely N-dealkylation sites (tertiary alicyclic amines) is 2. The van der Waals surface area contributed by atoms with E-state index in [1.165, 1.54) is 35.3 Å². The smallest absolute Gasteiger partial charge is 0.406 e. The van der Waals surface area contributed by atoms with Crippen LogP contribution in [0.3, 0.4) is 0 Å². The number of nitrogens with zero attached hydrogens (tertiary/aromatic N) is 8. The number of pyridine rings is 1. The van der Waals surface area contributed by atoms with Gasteiger partial charge in [0.25, 0.3) is 5.91 Å². The molecule has 3 N–H and O–H groups in total. The molecule has 1 aromatic carbocycles. The fraction of sp³-hybridized carbons (Fsp3) is 0.717. The van der Waals surface area contributed by atoms with Crippen LogP contribution in [0.2, 0.25) is 0 Å². The third-order valence-corrected chi connectivity index (χ3v) is 19.3. The quantitative estimate of drug-likeness (QED) is 0.150. The molecule has 6 saturated heterocycles. The van der Waals surface area contributed by atoms with Gasteiger partial charge in [0.2, 0.25) is 11.8 Å². The van der Waals surface area contributed by atoms with Crippen LogP contribution in [-0.4, -0.2) is 194 Å². The Morgan fingerprint density at radius 2 is 1.70 bits per heavy atom. The predicted molar refractivity (Wildman–Crippen MR) is 300 cm³/mol. The molecular formula is C60H84F3N11O7. The fourth-order valence-corrected chi connectivity index (χ4v) is 14.5. The Kier molecular flexibility index (Phi) is 15.4. The Morgan fingerprint density at radius 1 is 0.926 bits per heavy atom. The number of carbonyl (C=O) groups is 4. The number of halogens is 3. The highest BCUT2D eigenvalue weighted by atomic mass is 19.4. The fourth-order valence-electron chi connectivity index (χ4n) is 14.5. The van der Waals surface area contributed by atoms with E-state index in [2.05, 4.69) is 35.7 Å². The first-order valence-electron chi connectivity index (χ1n) is 30.2. The Labute approximate surface area is 474 Å². The lowest BCUT2D eigenvalue weighted by atomic mass is 9.84. The minimum absolute atomic E-state index is 0.0565. The van der Waals surface area contributed by atoms with E-state index in [0.29, 0.717) is 117 Å². The molecule has 0 radical (unpaired) electrons. The topological polar surface area (TPSA) is 179 Å². The molecule has 3 aromatic rings. The van der Waals surface area contributed by atoms with Crippen LogP contribution in [0.5, 0.6) is 0 Å². The number of esters is 1. The molecule has 442 valence electrons. The molecule has 12 rings (SSSR count). The van der Waals surface area contributed by atoms with Gasteiger partial charge in [-0.25, -0.2) is 5.43 Å². The van der Waals surface area contributed by atoms with Crippen molar-refractivity contribution < 1.29 is 46.6 Å². The van der Waals surface area contributed by atoms with E-state index in [9.17, 15) is 14.4 Å². The zero-order valence-electron chi connectivity index (χ0n) is 48.2. The summed E-state index contributed by atoms with van der Waals surface area (Å²) in [6, 6.07) is 6.07. The van der Waals surface area contributed by atoms with Gasteiger partial charge in [-0.05, 0) is 113 Å². The van der Waals surface area contributed by atoms with Gasteiger partial charge in [0.15, 0.2) is 0 Å². The molecular weight excluding hydrogens is 1040 g/mol. The van der Waals surface area contributed by atoms with Crippen LogP contribution in [0.25, 0.3) is 22.2 Å². The van der Waals surface area contributed by atoms with Gasteiger partial charge in [-0.1, -0.05) is 27.7 Å². The first-order valence-corrected chi connectivity index (χ1v) is 30.2. The zero-order chi connectivity index (χ0) is 56.7. The lowest BCUT2D eigenvalue weighted by Crippen LogP contribution is -2.62. The molecule has 9 heterocycles. The van der Waals surface area contributed by atoms with Crippen LogP contribution < -0.4 is 25.9 Å². The van der Waals surface area contributed by atoms with Crippen molar-refractivity contribution in [3.05, 3.63) is 41.7 Å². The number of hydrogen-bond acceptors (Lipinski definition) is 14. The number of benzene rings is 1.